The monoisotopic (exact) mass is 741 g/mol. The maximum Gasteiger partial charge on any atom is 0.0725 e. The van der Waals surface area contributed by atoms with Gasteiger partial charge in [-0.25, -0.2) is 0 Å². The predicted octanol–water partition coefficient (Wildman–Crippen LogP) is 15.2. The molecular formula is C55H35NS. The third-order valence-electron chi connectivity index (χ3n) is 12.3. The fraction of sp³-hybridized carbons (Fsp3) is 0.0182. The Labute approximate surface area is 336 Å². The minimum Gasteiger partial charge on any atom is -0.310 e. The molecule has 0 bridgehead atoms. The SMILES string of the molecule is c1ccc(-c2ccc(N(c3ccc(-c4cccc5c4sc4ccccc45)cc3)c3ccc4c(c3)-c3ccccc3C43c4ccccc4-c4ccccc43)cc2)cc1. The topological polar surface area (TPSA) is 3.24 Å². The number of hydrogen-bond acceptors (Lipinski definition) is 2. The molecule has 0 unspecified atom stereocenters. The molecule has 1 heterocycles. The van der Waals surface area contributed by atoms with Crippen LogP contribution in [-0.4, -0.2) is 0 Å². The smallest absolute Gasteiger partial charge is 0.0725 e. The van der Waals surface area contributed by atoms with E-state index in [1.54, 1.807) is 0 Å². The highest BCUT2D eigenvalue weighted by molar-refractivity contribution is 7.26. The van der Waals surface area contributed by atoms with Crippen molar-refractivity contribution in [2.45, 2.75) is 5.41 Å². The zero-order valence-electron chi connectivity index (χ0n) is 31.1. The van der Waals surface area contributed by atoms with E-state index in [9.17, 15) is 0 Å². The van der Waals surface area contributed by atoms with E-state index < -0.39 is 0 Å². The standard InChI is InChI=1S/C55H35NS/c1-2-13-36(14-3-1)37-25-29-39(30-26-37)56(40-31-27-38(28-32-40)42-19-12-20-47-46-18-7-11-24-53(46)57-54(42)47)41-33-34-52-48(35-41)45-17-6-10-23-51(45)55(52)49-21-8-4-15-43(49)44-16-5-9-22-50(44)55/h1-35H. The summed E-state index contributed by atoms with van der Waals surface area (Å²) < 4.78 is 2.66. The van der Waals surface area contributed by atoms with Crippen LogP contribution in [0.4, 0.5) is 17.1 Å². The van der Waals surface area contributed by atoms with E-state index >= 15 is 0 Å². The molecule has 10 aromatic rings. The predicted molar refractivity (Wildman–Crippen MR) is 241 cm³/mol. The molecule has 1 nitrogen and oxygen atoms in total. The molecule has 0 saturated carbocycles. The number of fused-ring (bicyclic) bond motifs is 13. The molecule has 2 aliphatic rings. The van der Waals surface area contributed by atoms with Gasteiger partial charge in [0.1, 0.15) is 0 Å². The summed E-state index contributed by atoms with van der Waals surface area (Å²) in [6.45, 7) is 0. The number of benzene rings is 9. The van der Waals surface area contributed by atoms with E-state index in [1.165, 1.54) is 86.9 Å². The summed E-state index contributed by atoms with van der Waals surface area (Å²) in [7, 11) is 0. The highest BCUT2D eigenvalue weighted by Crippen LogP contribution is 2.63. The van der Waals surface area contributed by atoms with Gasteiger partial charge in [-0.3, -0.25) is 0 Å². The molecule has 2 aliphatic carbocycles. The molecule has 0 aliphatic heterocycles. The van der Waals surface area contributed by atoms with E-state index in [1.807, 2.05) is 11.3 Å². The molecule has 0 saturated heterocycles. The van der Waals surface area contributed by atoms with Crippen molar-refractivity contribution in [3.8, 4) is 44.5 Å². The Hall–Kier alpha value is -7.00. The Balaban J connectivity index is 1.03. The Morgan fingerprint density at radius 3 is 1.46 bits per heavy atom. The van der Waals surface area contributed by atoms with Gasteiger partial charge in [-0.15, -0.1) is 11.3 Å². The second kappa shape index (κ2) is 12.5. The van der Waals surface area contributed by atoms with Crippen molar-refractivity contribution in [1.82, 2.24) is 0 Å². The molecule has 0 amide bonds. The van der Waals surface area contributed by atoms with Crippen molar-refractivity contribution in [3.05, 3.63) is 235 Å². The summed E-state index contributed by atoms with van der Waals surface area (Å²) in [6.07, 6.45) is 0. The van der Waals surface area contributed by atoms with Crippen LogP contribution in [0.5, 0.6) is 0 Å². The Morgan fingerprint density at radius 2 is 0.789 bits per heavy atom. The number of anilines is 3. The van der Waals surface area contributed by atoms with Crippen molar-refractivity contribution in [2.24, 2.45) is 0 Å². The zero-order chi connectivity index (χ0) is 37.5. The molecule has 0 N–H and O–H groups in total. The normalized spacial score (nSPS) is 13.1. The Kier molecular flexibility index (Phi) is 7.08. The van der Waals surface area contributed by atoms with Gasteiger partial charge in [0.25, 0.3) is 0 Å². The molecule has 1 spiro atoms. The van der Waals surface area contributed by atoms with E-state index in [2.05, 4.69) is 217 Å². The summed E-state index contributed by atoms with van der Waals surface area (Å²) in [5, 5.41) is 2.65. The maximum absolute atomic E-state index is 2.43. The number of thiophene rings is 1. The van der Waals surface area contributed by atoms with Crippen LogP contribution in [0.3, 0.4) is 0 Å². The minimum absolute atomic E-state index is 0.366. The first kappa shape index (κ1) is 32.3. The minimum atomic E-state index is -0.366. The summed E-state index contributed by atoms with van der Waals surface area (Å²) in [4.78, 5) is 2.42. The van der Waals surface area contributed by atoms with Crippen LogP contribution >= 0.6 is 11.3 Å². The second-order valence-electron chi connectivity index (χ2n) is 15.2. The summed E-state index contributed by atoms with van der Waals surface area (Å²) >= 11 is 1.88. The van der Waals surface area contributed by atoms with Crippen molar-refractivity contribution in [1.29, 1.82) is 0 Å². The van der Waals surface area contributed by atoms with Gasteiger partial charge in [-0.05, 0) is 109 Å². The third-order valence-corrected chi connectivity index (χ3v) is 13.5. The fourth-order valence-electron chi connectivity index (χ4n) is 9.87. The average Bonchev–Trinajstić information content (AvgIpc) is 3.92. The van der Waals surface area contributed by atoms with Gasteiger partial charge in [-0.1, -0.05) is 170 Å². The number of rotatable bonds is 5. The maximum atomic E-state index is 2.43. The molecule has 57 heavy (non-hydrogen) atoms. The third kappa shape index (κ3) is 4.68. The van der Waals surface area contributed by atoms with Crippen LogP contribution < -0.4 is 4.90 Å². The van der Waals surface area contributed by atoms with Crippen LogP contribution in [0.2, 0.25) is 0 Å². The largest absolute Gasteiger partial charge is 0.310 e. The van der Waals surface area contributed by atoms with Crippen LogP contribution in [0, 0.1) is 0 Å². The van der Waals surface area contributed by atoms with Gasteiger partial charge >= 0.3 is 0 Å². The lowest BCUT2D eigenvalue weighted by Gasteiger charge is -2.31. The van der Waals surface area contributed by atoms with Crippen molar-refractivity contribution in [2.75, 3.05) is 4.90 Å². The number of nitrogens with zero attached hydrogens (tertiary/aromatic N) is 1. The molecule has 12 rings (SSSR count). The summed E-state index contributed by atoms with van der Waals surface area (Å²) in [5.41, 5.74) is 18.6. The van der Waals surface area contributed by atoms with Gasteiger partial charge < -0.3 is 4.90 Å². The first-order valence-corrected chi connectivity index (χ1v) is 20.5. The summed E-state index contributed by atoms with van der Waals surface area (Å²) in [5.74, 6) is 0. The molecule has 9 aromatic carbocycles. The quantitative estimate of drug-likeness (QED) is 0.170. The van der Waals surface area contributed by atoms with E-state index in [0.717, 1.165) is 17.1 Å². The van der Waals surface area contributed by atoms with Crippen molar-refractivity contribution >= 4 is 48.6 Å². The fourth-order valence-corrected chi connectivity index (χ4v) is 11.1. The first-order valence-electron chi connectivity index (χ1n) is 19.7. The molecule has 266 valence electrons. The highest BCUT2D eigenvalue weighted by atomic mass is 32.1. The molecular weight excluding hydrogens is 707 g/mol. The van der Waals surface area contributed by atoms with Crippen molar-refractivity contribution in [3.63, 3.8) is 0 Å². The van der Waals surface area contributed by atoms with Crippen LogP contribution in [0.25, 0.3) is 64.7 Å². The lowest BCUT2D eigenvalue weighted by Crippen LogP contribution is -2.25. The average molecular weight is 742 g/mol. The van der Waals surface area contributed by atoms with Crippen LogP contribution in [0.15, 0.2) is 212 Å². The number of hydrogen-bond donors (Lipinski definition) is 0. The lowest BCUT2D eigenvalue weighted by atomic mass is 9.70. The highest BCUT2D eigenvalue weighted by Gasteiger charge is 2.51. The Morgan fingerprint density at radius 1 is 0.316 bits per heavy atom. The molecule has 0 radical (unpaired) electrons. The molecule has 1 aromatic heterocycles. The van der Waals surface area contributed by atoms with Crippen molar-refractivity contribution < 1.29 is 0 Å². The van der Waals surface area contributed by atoms with E-state index in [4.69, 9.17) is 0 Å². The molecule has 0 fully saturated rings. The van der Waals surface area contributed by atoms with Crippen LogP contribution in [0.1, 0.15) is 22.3 Å². The first-order chi connectivity index (χ1) is 28.3. The van der Waals surface area contributed by atoms with Gasteiger partial charge in [0.2, 0.25) is 0 Å². The zero-order valence-corrected chi connectivity index (χ0v) is 31.9. The van der Waals surface area contributed by atoms with Gasteiger partial charge in [-0.2, -0.15) is 0 Å². The van der Waals surface area contributed by atoms with Crippen LogP contribution in [-0.2, 0) is 5.41 Å². The van der Waals surface area contributed by atoms with Gasteiger partial charge in [0.15, 0.2) is 0 Å². The Bertz CT molecular complexity index is 3130. The second-order valence-corrected chi connectivity index (χ2v) is 16.2. The molecule has 2 heteroatoms. The van der Waals surface area contributed by atoms with Gasteiger partial charge in [0, 0.05) is 37.2 Å². The summed E-state index contributed by atoms with van der Waals surface area (Å²) in [6, 6.07) is 78.6. The molecule has 0 atom stereocenters. The lowest BCUT2D eigenvalue weighted by molar-refractivity contribution is 0.794. The van der Waals surface area contributed by atoms with E-state index in [-0.39, 0.29) is 5.41 Å². The van der Waals surface area contributed by atoms with E-state index in [0.29, 0.717) is 0 Å². The van der Waals surface area contributed by atoms with Gasteiger partial charge in [0.05, 0.1) is 5.41 Å².